The Morgan fingerprint density at radius 2 is 1.90 bits per heavy atom. The lowest BCUT2D eigenvalue weighted by Gasteiger charge is -2.10. The van der Waals surface area contributed by atoms with Gasteiger partial charge in [0, 0.05) is 18.1 Å². The fourth-order valence-corrected chi connectivity index (χ4v) is 2.63. The van der Waals surface area contributed by atoms with Gasteiger partial charge in [-0.05, 0) is 17.9 Å². The molecule has 2 aromatic carbocycles. The van der Waals surface area contributed by atoms with Gasteiger partial charge in [0.05, 0.1) is 11.4 Å². The SMILES string of the molecule is CCCc1nn(C)c(Nc2cccc3ccccc23)c1N. The summed E-state index contributed by atoms with van der Waals surface area (Å²) in [5, 5.41) is 10.3. The number of aryl methyl sites for hydroxylation is 2. The molecule has 0 fully saturated rings. The average molecular weight is 280 g/mol. The molecule has 4 heteroatoms. The molecular weight excluding hydrogens is 260 g/mol. The third-order valence-corrected chi connectivity index (χ3v) is 3.69. The van der Waals surface area contributed by atoms with Crippen molar-refractivity contribution in [3.63, 3.8) is 0 Å². The molecule has 0 atom stereocenters. The monoisotopic (exact) mass is 280 g/mol. The van der Waals surface area contributed by atoms with Gasteiger partial charge in [-0.15, -0.1) is 0 Å². The molecule has 0 saturated heterocycles. The smallest absolute Gasteiger partial charge is 0.152 e. The summed E-state index contributed by atoms with van der Waals surface area (Å²) in [5.41, 5.74) is 8.99. The van der Waals surface area contributed by atoms with E-state index in [-0.39, 0.29) is 0 Å². The van der Waals surface area contributed by atoms with E-state index in [1.807, 2.05) is 29.9 Å². The number of aromatic nitrogens is 2. The number of rotatable bonds is 4. The number of fused-ring (bicyclic) bond motifs is 1. The van der Waals surface area contributed by atoms with Crippen LogP contribution in [0.5, 0.6) is 0 Å². The molecular formula is C17H20N4. The van der Waals surface area contributed by atoms with E-state index in [0.717, 1.165) is 35.7 Å². The summed E-state index contributed by atoms with van der Waals surface area (Å²) in [5.74, 6) is 0.856. The van der Waals surface area contributed by atoms with Crippen molar-refractivity contribution in [3.05, 3.63) is 48.2 Å². The highest BCUT2D eigenvalue weighted by atomic mass is 15.3. The van der Waals surface area contributed by atoms with Crippen LogP contribution < -0.4 is 11.1 Å². The van der Waals surface area contributed by atoms with Gasteiger partial charge in [-0.25, -0.2) is 0 Å². The maximum Gasteiger partial charge on any atom is 0.152 e. The first-order valence-corrected chi connectivity index (χ1v) is 7.27. The van der Waals surface area contributed by atoms with E-state index >= 15 is 0 Å². The van der Waals surface area contributed by atoms with Crippen LogP contribution in [0.15, 0.2) is 42.5 Å². The molecule has 0 bridgehead atoms. The standard InChI is InChI=1S/C17H20N4/c1-3-7-15-16(18)17(21(2)20-15)19-14-11-6-9-12-8-4-5-10-13(12)14/h4-6,8-11,19H,3,7,18H2,1-2H3. The van der Waals surface area contributed by atoms with Gasteiger partial charge in [-0.2, -0.15) is 5.10 Å². The molecule has 0 amide bonds. The van der Waals surface area contributed by atoms with E-state index in [2.05, 4.69) is 41.6 Å². The van der Waals surface area contributed by atoms with Crippen LogP contribution in [0.2, 0.25) is 0 Å². The lowest BCUT2D eigenvalue weighted by Crippen LogP contribution is -2.01. The second kappa shape index (κ2) is 5.48. The van der Waals surface area contributed by atoms with Crippen molar-refractivity contribution in [3.8, 4) is 0 Å². The van der Waals surface area contributed by atoms with Crippen LogP contribution in [0.3, 0.4) is 0 Å². The van der Waals surface area contributed by atoms with Crippen molar-refractivity contribution in [1.29, 1.82) is 0 Å². The highest BCUT2D eigenvalue weighted by molar-refractivity contribution is 5.95. The van der Waals surface area contributed by atoms with Gasteiger partial charge < -0.3 is 11.1 Å². The summed E-state index contributed by atoms with van der Waals surface area (Å²) in [6.07, 6.45) is 1.94. The molecule has 0 spiro atoms. The molecule has 3 aromatic rings. The van der Waals surface area contributed by atoms with Crippen LogP contribution in [0, 0.1) is 0 Å². The van der Waals surface area contributed by atoms with E-state index in [0.29, 0.717) is 0 Å². The van der Waals surface area contributed by atoms with Crippen LogP contribution in [0.4, 0.5) is 17.2 Å². The fraction of sp³-hybridized carbons (Fsp3) is 0.235. The van der Waals surface area contributed by atoms with Crippen LogP contribution >= 0.6 is 0 Å². The van der Waals surface area contributed by atoms with Crippen molar-refractivity contribution >= 4 is 28.0 Å². The number of nitrogens with two attached hydrogens (primary N) is 1. The van der Waals surface area contributed by atoms with Gasteiger partial charge in [0.1, 0.15) is 0 Å². The normalized spacial score (nSPS) is 11.0. The largest absolute Gasteiger partial charge is 0.394 e. The van der Waals surface area contributed by atoms with Crippen LogP contribution in [0.1, 0.15) is 19.0 Å². The third-order valence-electron chi connectivity index (χ3n) is 3.69. The number of hydrogen-bond donors (Lipinski definition) is 2. The van der Waals surface area contributed by atoms with Crippen LogP contribution in [0.25, 0.3) is 10.8 Å². The van der Waals surface area contributed by atoms with Crippen molar-refractivity contribution in [1.82, 2.24) is 9.78 Å². The summed E-state index contributed by atoms with van der Waals surface area (Å²) in [6.45, 7) is 2.13. The van der Waals surface area contributed by atoms with Crippen molar-refractivity contribution in [2.45, 2.75) is 19.8 Å². The Kier molecular flexibility index (Phi) is 3.52. The second-order valence-electron chi connectivity index (χ2n) is 5.23. The molecule has 21 heavy (non-hydrogen) atoms. The highest BCUT2D eigenvalue weighted by Crippen LogP contribution is 2.30. The third kappa shape index (κ3) is 2.44. The van der Waals surface area contributed by atoms with Crippen LogP contribution in [-0.2, 0) is 13.5 Å². The molecule has 0 unspecified atom stereocenters. The summed E-state index contributed by atoms with van der Waals surface area (Å²) in [6, 6.07) is 14.5. The summed E-state index contributed by atoms with van der Waals surface area (Å²) < 4.78 is 1.82. The Labute approximate surface area is 124 Å². The van der Waals surface area contributed by atoms with Crippen molar-refractivity contribution < 1.29 is 0 Å². The number of nitrogens with one attached hydrogen (secondary N) is 1. The van der Waals surface area contributed by atoms with Gasteiger partial charge in [0.15, 0.2) is 5.82 Å². The lowest BCUT2D eigenvalue weighted by molar-refractivity contribution is 0.740. The number of hydrogen-bond acceptors (Lipinski definition) is 3. The highest BCUT2D eigenvalue weighted by Gasteiger charge is 2.13. The molecule has 108 valence electrons. The maximum atomic E-state index is 6.24. The van der Waals surface area contributed by atoms with E-state index in [4.69, 9.17) is 5.73 Å². The first-order valence-electron chi connectivity index (χ1n) is 7.27. The summed E-state index contributed by atoms with van der Waals surface area (Å²) in [7, 11) is 1.92. The number of nitrogens with zero attached hydrogens (tertiary/aromatic N) is 2. The zero-order chi connectivity index (χ0) is 14.8. The summed E-state index contributed by atoms with van der Waals surface area (Å²) >= 11 is 0. The van der Waals surface area contributed by atoms with Gasteiger partial charge in [-0.1, -0.05) is 49.7 Å². The molecule has 3 rings (SSSR count). The van der Waals surface area contributed by atoms with Crippen molar-refractivity contribution in [2.24, 2.45) is 7.05 Å². The van der Waals surface area contributed by atoms with E-state index in [1.54, 1.807) is 0 Å². The Morgan fingerprint density at radius 3 is 2.71 bits per heavy atom. The minimum atomic E-state index is 0.743. The van der Waals surface area contributed by atoms with Gasteiger partial charge in [0.2, 0.25) is 0 Å². The topological polar surface area (TPSA) is 55.9 Å². The minimum Gasteiger partial charge on any atom is -0.394 e. The van der Waals surface area contributed by atoms with Gasteiger partial charge in [-0.3, -0.25) is 4.68 Å². The fourth-order valence-electron chi connectivity index (χ4n) is 2.63. The molecule has 4 nitrogen and oxygen atoms in total. The lowest BCUT2D eigenvalue weighted by atomic mass is 10.1. The van der Waals surface area contributed by atoms with E-state index in [9.17, 15) is 0 Å². The van der Waals surface area contributed by atoms with Gasteiger partial charge >= 0.3 is 0 Å². The number of benzene rings is 2. The maximum absolute atomic E-state index is 6.24. The molecule has 0 radical (unpaired) electrons. The predicted molar refractivity (Wildman–Crippen MR) is 88.8 cm³/mol. The first kappa shape index (κ1) is 13.5. The van der Waals surface area contributed by atoms with E-state index < -0.39 is 0 Å². The Bertz CT molecular complexity index is 768. The first-order chi connectivity index (χ1) is 10.2. The zero-order valence-electron chi connectivity index (χ0n) is 12.4. The quantitative estimate of drug-likeness (QED) is 0.763. The zero-order valence-corrected chi connectivity index (χ0v) is 12.4. The predicted octanol–water partition coefficient (Wildman–Crippen LogP) is 3.85. The Hall–Kier alpha value is -2.49. The van der Waals surface area contributed by atoms with E-state index in [1.165, 1.54) is 10.8 Å². The van der Waals surface area contributed by atoms with Crippen molar-refractivity contribution in [2.75, 3.05) is 11.1 Å². The second-order valence-corrected chi connectivity index (χ2v) is 5.23. The number of nitrogen functional groups attached to an aromatic ring is 1. The molecule has 1 aromatic heterocycles. The molecule has 0 aliphatic carbocycles. The molecule has 0 aliphatic rings. The van der Waals surface area contributed by atoms with Crippen LogP contribution in [-0.4, -0.2) is 9.78 Å². The van der Waals surface area contributed by atoms with Gasteiger partial charge in [0.25, 0.3) is 0 Å². The summed E-state index contributed by atoms with van der Waals surface area (Å²) in [4.78, 5) is 0. The molecule has 1 heterocycles. The molecule has 0 aliphatic heterocycles. The Morgan fingerprint density at radius 1 is 1.14 bits per heavy atom. The number of anilines is 3. The minimum absolute atomic E-state index is 0.743. The Balaban J connectivity index is 2.03. The molecule has 3 N–H and O–H groups in total. The average Bonchev–Trinajstić information content (AvgIpc) is 2.76. The molecule has 0 saturated carbocycles.